The first-order valence-corrected chi connectivity index (χ1v) is 5.21. The minimum absolute atomic E-state index is 0.155. The van der Waals surface area contributed by atoms with Crippen LogP contribution in [0.25, 0.3) is 10.6 Å². The van der Waals surface area contributed by atoms with Gasteiger partial charge in [-0.25, -0.2) is 4.68 Å². The van der Waals surface area contributed by atoms with Crippen molar-refractivity contribution < 1.29 is 9.90 Å². The van der Waals surface area contributed by atoms with Crippen molar-refractivity contribution in [2.75, 3.05) is 0 Å². The van der Waals surface area contributed by atoms with Crippen molar-refractivity contribution in [2.24, 2.45) is 0 Å². The van der Waals surface area contributed by atoms with E-state index < -0.39 is 5.97 Å². The van der Waals surface area contributed by atoms with Crippen LogP contribution >= 0.6 is 11.3 Å². The van der Waals surface area contributed by atoms with Crippen LogP contribution in [0.1, 0.15) is 5.56 Å². The zero-order valence-electron chi connectivity index (χ0n) is 8.04. The largest absolute Gasteiger partial charge is 0.480 e. The number of aromatic nitrogens is 3. The summed E-state index contributed by atoms with van der Waals surface area (Å²) in [6, 6.07) is 2.00. The fraction of sp³-hybridized carbons (Fsp3) is 0.222. The topological polar surface area (TPSA) is 68.0 Å². The Labute approximate surface area is 90.0 Å². The Morgan fingerprint density at radius 3 is 3.07 bits per heavy atom. The number of aryl methyl sites for hydroxylation is 1. The average Bonchev–Trinajstić information content (AvgIpc) is 2.72. The van der Waals surface area contributed by atoms with Gasteiger partial charge in [-0.3, -0.25) is 4.79 Å². The second-order valence-electron chi connectivity index (χ2n) is 3.13. The summed E-state index contributed by atoms with van der Waals surface area (Å²) >= 11 is 1.57. The van der Waals surface area contributed by atoms with Crippen LogP contribution in [-0.2, 0) is 11.3 Å². The van der Waals surface area contributed by atoms with E-state index in [4.69, 9.17) is 5.11 Å². The first kappa shape index (κ1) is 9.85. The Kier molecular flexibility index (Phi) is 2.51. The molecule has 0 bridgehead atoms. The summed E-state index contributed by atoms with van der Waals surface area (Å²) in [6.07, 6.45) is 1.65. The van der Waals surface area contributed by atoms with E-state index in [1.807, 2.05) is 18.4 Å². The first-order chi connectivity index (χ1) is 7.16. The van der Waals surface area contributed by atoms with E-state index in [1.165, 1.54) is 4.68 Å². The van der Waals surface area contributed by atoms with Crippen LogP contribution in [-0.4, -0.2) is 26.1 Å². The molecule has 0 fully saturated rings. The van der Waals surface area contributed by atoms with Crippen molar-refractivity contribution in [1.29, 1.82) is 0 Å². The van der Waals surface area contributed by atoms with Gasteiger partial charge in [0.25, 0.3) is 0 Å². The zero-order valence-corrected chi connectivity index (χ0v) is 8.86. The van der Waals surface area contributed by atoms with Crippen LogP contribution in [0.5, 0.6) is 0 Å². The maximum absolute atomic E-state index is 10.4. The molecule has 0 aliphatic carbocycles. The lowest BCUT2D eigenvalue weighted by Crippen LogP contribution is -2.08. The molecular formula is C9H9N3O2S. The van der Waals surface area contributed by atoms with Gasteiger partial charge in [-0.2, -0.15) is 0 Å². The molecule has 0 aromatic carbocycles. The van der Waals surface area contributed by atoms with Gasteiger partial charge in [-0.1, -0.05) is 5.21 Å². The molecule has 5 nitrogen and oxygen atoms in total. The summed E-state index contributed by atoms with van der Waals surface area (Å²) < 4.78 is 1.32. The molecule has 15 heavy (non-hydrogen) atoms. The predicted octanol–water partition coefficient (Wildman–Crippen LogP) is 1.40. The molecule has 0 spiro atoms. The molecular weight excluding hydrogens is 214 g/mol. The highest BCUT2D eigenvalue weighted by Crippen LogP contribution is 2.26. The van der Waals surface area contributed by atoms with Crippen LogP contribution in [0.4, 0.5) is 0 Å². The molecule has 0 aliphatic rings. The third kappa shape index (κ3) is 2.04. The Morgan fingerprint density at radius 2 is 2.47 bits per heavy atom. The van der Waals surface area contributed by atoms with E-state index >= 15 is 0 Å². The quantitative estimate of drug-likeness (QED) is 0.854. The standard InChI is InChI=1S/C9H9N3O2S/c1-6-2-3-15-9(6)7-4-12(11-10-7)5-8(13)14/h2-4H,5H2,1H3,(H,13,14). The van der Waals surface area contributed by atoms with E-state index in [1.54, 1.807) is 17.5 Å². The average molecular weight is 223 g/mol. The number of thiophene rings is 1. The highest BCUT2D eigenvalue weighted by molar-refractivity contribution is 7.13. The van der Waals surface area contributed by atoms with E-state index in [9.17, 15) is 4.79 Å². The number of hydrogen-bond donors (Lipinski definition) is 1. The van der Waals surface area contributed by atoms with Crippen molar-refractivity contribution in [3.8, 4) is 10.6 Å². The summed E-state index contributed by atoms with van der Waals surface area (Å²) in [5.41, 5.74) is 1.85. The summed E-state index contributed by atoms with van der Waals surface area (Å²) in [6.45, 7) is 1.83. The minimum atomic E-state index is -0.922. The fourth-order valence-electron chi connectivity index (χ4n) is 1.25. The van der Waals surface area contributed by atoms with E-state index in [2.05, 4.69) is 10.3 Å². The number of hydrogen-bond acceptors (Lipinski definition) is 4. The lowest BCUT2D eigenvalue weighted by atomic mass is 10.2. The number of carboxylic acid groups (broad SMARTS) is 1. The molecule has 0 unspecified atom stereocenters. The maximum atomic E-state index is 10.4. The van der Waals surface area contributed by atoms with Crippen molar-refractivity contribution in [1.82, 2.24) is 15.0 Å². The molecule has 2 aromatic rings. The molecule has 0 radical (unpaired) electrons. The third-order valence-electron chi connectivity index (χ3n) is 1.93. The Morgan fingerprint density at radius 1 is 1.67 bits per heavy atom. The lowest BCUT2D eigenvalue weighted by Gasteiger charge is -1.92. The maximum Gasteiger partial charge on any atom is 0.325 e. The van der Waals surface area contributed by atoms with Crippen LogP contribution in [0.15, 0.2) is 17.6 Å². The predicted molar refractivity (Wildman–Crippen MR) is 55.7 cm³/mol. The van der Waals surface area contributed by atoms with Gasteiger partial charge in [0, 0.05) is 0 Å². The van der Waals surface area contributed by atoms with Gasteiger partial charge < -0.3 is 5.11 Å². The summed E-state index contributed by atoms with van der Waals surface area (Å²) in [5, 5.41) is 18.2. The van der Waals surface area contributed by atoms with Gasteiger partial charge in [0.2, 0.25) is 0 Å². The highest BCUT2D eigenvalue weighted by atomic mass is 32.1. The molecule has 0 aliphatic heterocycles. The van der Waals surface area contributed by atoms with E-state index in [0.717, 1.165) is 16.1 Å². The van der Waals surface area contributed by atoms with Crippen LogP contribution in [0.3, 0.4) is 0 Å². The first-order valence-electron chi connectivity index (χ1n) is 4.33. The van der Waals surface area contributed by atoms with Gasteiger partial charge in [-0.15, -0.1) is 16.4 Å². The second kappa shape index (κ2) is 3.82. The number of rotatable bonds is 3. The Balaban J connectivity index is 2.28. The minimum Gasteiger partial charge on any atom is -0.480 e. The molecule has 0 amide bonds. The fourth-order valence-corrected chi connectivity index (χ4v) is 2.13. The van der Waals surface area contributed by atoms with Gasteiger partial charge in [0.1, 0.15) is 12.2 Å². The second-order valence-corrected chi connectivity index (χ2v) is 4.04. The molecule has 78 valence electrons. The molecule has 0 saturated heterocycles. The molecule has 0 saturated carbocycles. The van der Waals surface area contributed by atoms with Crippen molar-refractivity contribution in [3.63, 3.8) is 0 Å². The van der Waals surface area contributed by atoms with Crippen molar-refractivity contribution in [2.45, 2.75) is 13.5 Å². The SMILES string of the molecule is Cc1ccsc1-c1cn(CC(=O)O)nn1. The van der Waals surface area contributed by atoms with Gasteiger partial charge in [0.15, 0.2) is 0 Å². The Hall–Kier alpha value is -1.69. The summed E-state index contributed by atoms with van der Waals surface area (Å²) in [5.74, 6) is -0.922. The smallest absolute Gasteiger partial charge is 0.325 e. The lowest BCUT2D eigenvalue weighted by molar-refractivity contribution is -0.137. The highest BCUT2D eigenvalue weighted by Gasteiger charge is 2.09. The molecule has 2 aromatic heterocycles. The molecule has 2 rings (SSSR count). The summed E-state index contributed by atoms with van der Waals surface area (Å²) in [4.78, 5) is 11.5. The van der Waals surface area contributed by atoms with E-state index in [0.29, 0.717) is 0 Å². The third-order valence-corrected chi connectivity index (χ3v) is 2.97. The number of carboxylic acids is 1. The normalized spacial score (nSPS) is 10.5. The molecule has 2 heterocycles. The molecule has 0 atom stereocenters. The van der Waals surface area contributed by atoms with Gasteiger partial charge >= 0.3 is 5.97 Å². The number of carbonyl (C=O) groups is 1. The summed E-state index contributed by atoms with van der Waals surface area (Å²) in [7, 11) is 0. The van der Waals surface area contributed by atoms with E-state index in [-0.39, 0.29) is 6.54 Å². The van der Waals surface area contributed by atoms with Crippen LogP contribution in [0, 0.1) is 6.92 Å². The Bertz CT molecular complexity index is 489. The monoisotopic (exact) mass is 223 g/mol. The van der Waals surface area contributed by atoms with Crippen molar-refractivity contribution in [3.05, 3.63) is 23.2 Å². The number of aliphatic carboxylic acids is 1. The molecule has 1 N–H and O–H groups in total. The zero-order chi connectivity index (χ0) is 10.8. The van der Waals surface area contributed by atoms with Crippen LogP contribution in [0.2, 0.25) is 0 Å². The van der Waals surface area contributed by atoms with Crippen LogP contribution < -0.4 is 0 Å². The van der Waals surface area contributed by atoms with Crippen molar-refractivity contribution >= 4 is 17.3 Å². The van der Waals surface area contributed by atoms with Gasteiger partial charge in [-0.05, 0) is 23.9 Å². The van der Waals surface area contributed by atoms with Gasteiger partial charge in [0.05, 0.1) is 11.1 Å². The number of nitrogens with zero attached hydrogens (tertiary/aromatic N) is 3. The molecule has 6 heteroatoms.